The smallest absolute Gasteiger partial charge is 0.237 e. The second-order valence-corrected chi connectivity index (χ2v) is 3.25. The van der Waals surface area contributed by atoms with Crippen LogP contribution in [0.1, 0.15) is 19.0 Å². The number of hydrogen-bond acceptors (Lipinski definition) is 3. The molecule has 1 N–H and O–H groups in total. The van der Waals surface area contributed by atoms with Gasteiger partial charge in [0, 0.05) is 13.2 Å². The van der Waals surface area contributed by atoms with E-state index in [-0.39, 0.29) is 5.91 Å². The van der Waals surface area contributed by atoms with Gasteiger partial charge in [0.15, 0.2) is 0 Å². The van der Waals surface area contributed by atoms with Crippen LogP contribution in [0.2, 0.25) is 0 Å². The van der Waals surface area contributed by atoms with Gasteiger partial charge in [0.2, 0.25) is 5.91 Å². The molecule has 1 aromatic rings. The molecule has 1 unspecified atom stereocenters. The van der Waals surface area contributed by atoms with Gasteiger partial charge in [-0.05, 0) is 12.5 Å². The van der Waals surface area contributed by atoms with Crippen molar-refractivity contribution in [1.29, 1.82) is 5.26 Å². The molecule has 0 saturated heterocycles. The largest absolute Gasteiger partial charge is 0.349 e. The summed E-state index contributed by atoms with van der Waals surface area (Å²) in [5.74, 6) is -0.778. The van der Waals surface area contributed by atoms with Crippen LogP contribution in [0.3, 0.4) is 0 Å². The Kier molecular flexibility index (Phi) is 3.86. The molecule has 0 bridgehead atoms. The third-order valence-electron chi connectivity index (χ3n) is 2.25. The molecule has 15 heavy (non-hydrogen) atoms. The molecule has 1 rings (SSSR count). The van der Waals surface area contributed by atoms with E-state index in [2.05, 4.69) is 10.4 Å². The van der Waals surface area contributed by atoms with E-state index in [4.69, 9.17) is 5.26 Å². The van der Waals surface area contributed by atoms with Crippen LogP contribution in [0.15, 0.2) is 12.3 Å². The van der Waals surface area contributed by atoms with Gasteiger partial charge in [0.25, 0.3) is 0 Å². The molecule has 0 aliphatic heterocycles. The Labute approximate surface area is 88.7 Å². The van der Waals surface area contributed by atoms with Crippen molar-refractivity contribution in [3.05, 3.63) is 18.0 Å². The Balaban J connectivity index is 2.48. The zero-order valence-electron chi connectivity index (χ0n) is 8.90. The molecule has 1 amide bonds. The number of rotatable bonds is 4. The maximum Gasteiger partial charge on any atom is 0.237 e. The molecule has 0 fully saturated rings. The van der Waals surface area contributed by atoms with Crippen LogP contribution in [0.4, 0.5) is 0 Å². The summed E-state index contributed by atoms with van der Waals surface area (Å²) in [6.07, 6.45) is 2.21. The van der Waals surface area contributed by atoms with E-state index < -0.39 is 5.92 Å². The minimum atomic E-state index is -0.557. The lowest BCUT2D eigenvalue weighted by atomic mass is 10.1. The molecule has 1 atom stereocenters. The first-order chi connectivity index (χ1) is 7.19. The number of nitrogens with one attached hydrogen (secondary N) is 1. The highest BCUT2D eigenvalue weighted by Gasteiger charge is 2.14. The lowest BCUT2D eigenvalue weighted by Crippen LogP contribution is -2.29. The first kappa shape index (κ1) is 11.2. The maximum atomic E-state index is 11.4. The Morgan fingerprint density at radius 1 is 1.80 bits per heavy atom. The quantitative estimate of drug-likeness (QED) is 0.783. The monoisotopic (exact) mass is 206 g/mol. The molecule has 5 heteroatoms. The minimum Gasteiger partial charge on any atom is -0.349 e. The first-order valence-electron chi connectivity index (χ1n) is 4.83. The number of amides is 1. The van der Waals surface area contributed by atoms with Gasteiger partial charge in [0.1, 0.15) is 5.92 Å². The number of aromatic nitrogens is 2. The summed E-state index contributed by atoms with van der Waals surface area (Å²) < 4.78 is 1.69. The average molecular weight is 206 g/mol. The van der Waals surface area contributed by atoms with Crippen LogP contribution >= 0.6 is 0 Å². The van der Waals surface area contributed by atoms with Crippen LogP contribution in [0.5, 0.6) is 0 Å². The number of hydrogen-bond donors (Lipinski definition) is 1. The lowest BCUT2D eigenvalue weighted by molar-refractivity contribution is -0.123. The number of carbonyl (C=O) groups excluding carboxylic acids is 1. The molecular weight excluding hydrogens is 192 g/mol. The van der Waals surface area contributed by atoms with Crippen molar-refractivity contribution in [2.45, 2.75) is 19.9 Å². The highest BCUT2D eigenvalue weighted by Crippen LogP contribution is 2.01. The molecule has 0 aliphatic rings. The topological polar surface area (TPSA) is 70.7 Å². The third kappa shape index (κ3) is 2.81. The van der Waals surface area contributed by atoms with Crippen molar-refractivity contribution < 1.29 is 4.79 Å². The van der Waals surface area contributed by atoms with Crippen molar-refractivity contribution in [2.75, 3.05) is 0 Å². The Morgan fingerprint density at radius 3 is 3.00 bits per heavy atom. The normalized spacial score (nSPS) is 11.8. The van der Waals surface area contributed by atoms with Crippen molar-refractivity contribution in [1.82, 2.24) is 15.1 Å². The number of aryl methyl sites for hydroxylation is 1. The van der Waals surface area contributed by atoms with Crippen molar-refractivity contribution in [2.24, 2.45) is 13.0 Å². The van der Waals surface area contributed by atoms with Crippen LogP contribution in [0, 0.1) is 17.2 Å². The van der Waals surface area contributed by atoms with Crippen LogP contribution < -0.4 is 5.32 Å². The van der Waals surface area contributed by atoms with E-state index in [1.165, 1.54) is 0 Å². The number of nitrogens with zero attached hydrogens (tertiary/aromatic N) is 3. The van der Waals surface area contributed by atoms with Crippen molar-refractivity contribution in [3.8, 4) is 6.07 Å². The molecular formula is C10H14N4O. The third-order valence-corrected chi connectivity index (χ3v) is 2.25. The minimum absolute atomic E-state index is 0.221. The fourth-order valence-corrected chi connectivity index (χ4v) is 1.21. The van der Waals surface area contributed by atoms with Gasteiger partial charge in [-0.25, -0.2) is 0 Å². The molecule has 1 heterocycles. The standard InChI is InChI=1S/C10H14N4O/c1-3-8(6-11)10(15)12-7-9-4-5-13-14(9)2/h4-5,8H,3,7H2,1-2H3,(H,12,15). The summed E-state index contributed by atoms with van der Waals surface area (Å²) >= 11 is 0. The van der Waals surface area contributed by atoms with E-state index in [0.29, 0.717) is 13.0 Å². The van der Waals surface area contributed by atoms with Crippen LogP contribution in [-0.4, -0.2) is 15.7 Å². The molecule has 0 aliphatic carbocycles. The summed E-state index contributed by atoms with van der Waals surface area (Å²) in [6, 6.07) is 3.79. The van der Waals surface area contributed by atoms with Crippen LogP contribution in [-0.2, 0) is 18.4 Å². The molecule has 0 radical (unpaired) electrons. The zero-order chi connectivity index (χ0) is 11.3. The molecule has 0 saturated carbocycles. The Hall–Kier alpha value is -1.83. The molecule has 80 valence electrons. The predicted octanol–water partition coefficient (Wildman–Crippen LogP) is 0.586. The summed E-state index contributed by atoms with van der Waals surface area (Å²) in [5, 5.41) is 15.4. The van der Waals surface area contributed by atoms with Gasteiger partial charge in [-0.3, -0.25) is 9.48 Å². The van der Waals surface area contributed by atoms with E-state index in [0.717, 1.165) is 5.69 Å². The molecule has 0 aromatic carbocycles. The second kappa shape index (κ2) is 5.15. The summed E-state index contributed by atoms with van der Waals surface area (Å²) in [5.41, 5.74) is 0.913. The number of nitriles is 1. The van der Waals surface area contributed by atoms with Crippen molar-refractivity contribution >= 4 is 5.91 Å². The van der Waals surface area contributed by atoms with Gasteiger partial charge in [0.05, 0.1) is 18.3 Å². The first-order valence-corrected chi connectivity index (χ1v) is 4.83. The van der Waals surface area contributed by atoms with Gasteiger partial charge in [-0.2, -0.15) is 10.4 Å². The molecule has 5 nitrogen and oxygen atoms in total. The van der Waals surface area contributed by atoms with Crippen molar-refractivity contribution in [3.63, 3.8) is 0 Å². The predicted molar refractivity (Wildman–Crippen MR) is 54.4 cm³/mol. The average Bonchev–Trinajstić information content (AvgIpc) is 2.63. The Morgan fingerprint density at radius 2 is 2.53 bits per heavy atom. The van der Waals surface area contributed by atoms with Gasteiger partial charge in [-0.15, -0.1) is 0 Å². The summed E-state index contributed by atoms with van der Waals surface area (Å²) in [6.45, 7) is 2.23. The molecule has 0 spiro atoms. The lowest BCUT2D eigenvalue weighted by Gasteiger charge is -2.07. The highest BCUT2D eigenvalue weighted by molar-refractivity contribution is 5.80. The van der Waals surface area contributed by atoms with Gasteiger partial charge in [-0.1, -0.05) is 6.92 Å². The summed E-state index contributed by atoms with van der Waals surface area (Å²) in [7, 11) is 1.81. The maximum absolute atomic E-state index is 11.4. The van der Waals surface area contributed by atoms with E-state index >= 15 is 0 Å². The van der Waals surface area contributed by atoms with Gasteiger partial charge >= 0.3 is 0 Å². The molecule has 1 aromatic heterocycles. The zero-order valence-corrected chi connectivity index (χ0v) is 8.90. The van der Waals surface area contributed by atoms with E-state index in [9.17, 15) is 4.79 Å². The van der Waals surface area contributed by atoms with E-state index in [1.54, 1.807) is 10.9 Å². The van der Waals surface area contributed by atoms with Gasteiger partial charge < -0.3 is 5.32 Å². The Bertz CT molecular complexity index is 377. The highest BCUT2D eigenvalue weighted by atomic mass is 16.1. The number of carbonyl (C=O) groups is 1. The fraction of sp³-hybridized carbons (Fsp3) is 0.500. The van der Waals surface area contributed by atoms with E-state index in [1.807, 2.05) is 26.1 Å². The fourth-order valence-electron chi connectivity index (χ4n) is 1.21. The second-order valence-electron chi connectivity index (χ2n) is 3.25. The summed E-state index contributed by atoms with van der Waals surface area (Å²) in [4.78, 5) is 11.4. The SMILES string of the molecule is CCC(C#N)C(=O)NCc1ccnn1C. The van der Waals surface area contributed by atoms with Crippen LogP contribution in [0.25, 0.3) is 0 Å².